The number of hydrogen-bond donors (Lipinski definition) is 3. The topological polar surface area (TPSA) is 151 Å². The van der Waals surface area contributed by atoms with Gasteiger partial charge in [0, 0.05) is 43.2 Å². The van der Waals surface area contributed by atoms with Crippen molar-refractivity contribution in [1.82, 2.24) is 19.9 Å². The summed E-state index contributed by atoms with van der Waals surface area (Å²) in [6.45, 7) is 2.85. The monoisotopic (exact) mass is 562 g/mol. The third-order valence-electron chi connectivity index (χ3n) is 6.84. The fraction of sp³-hybridized carbons (Fsp3) is 0.241. The number of aromatic hydroxyl groups is 1. The van der Waals surface area contributed by atoms with Gasteiger partial charge in [-0.2, -0.15) is 0 Å². The molecular formula is C29H30N4O6S. The summed E-state index contributed by atoms with van der Waals surface area (Å²) in [6.07, 6.45) is 2.26. The zero-order chi connectivity index (χ0) is 29.1. The van der Waals surface area contributed by atoms with Crippen LogP contribution < -0.4 is 10.9 Å². The van der Waals surface area contributed by atoms with Crippen LogP contribution in [0.5, 0.6) is 5.75 Å². The number of aryl methyl sites for hydroxylation is 1. The van der Waals surface area contributed by atoms with Crippen molar-refractivity contribution in [3.8, 4) is 28.1 Å². The number of amides is 1. The summed E-state index contributed by atoms with van der Waals surface area (Å²) < 4.78 is 24.8. The molecule has 0 saturated carbocycles. The van der Waals surface area contributed by atoms with Gasteiger partial charge in [-0.05, 0) is 49.2 Å². The second-order valence-corrected chi connectivity index (χ2v) is 12.4. The van der Waals surface area contributed by atoms with E-state index in [1.54, 1.807) is 24.4 Å². The molecule has 0 aliphatic heterocycles. The Morgan fingerprint density at radius 2 is 1.73 bits per heavy atom. The number of nitrogens with zero attached hydrogens (tertiary/aromatic N) is 3. The number of nitrogens with one attached hydrogen (secondary N) is 1. The first-order valence-corrected chi connectivity index (χ1v) is 14.3. The van der Waals surface area contributed by atoms with E-state index in [1.165, 1.54) is 31.3 Å². The number of carbonyl (C=O) groups is 1. The number of rotatable bonds is 9. The number of phenols is 1. The van der Waals surface area contributed by atoms with Crippen molar-refractivity contribution in [1.29, 1.82) is 0 Å². The lowest BCUT2D eigenvalue weighted by molar-refractivity contribution is 0.0767. The fourth-order valence-electron chi connectivity index (χ4n) is 4.23. The van der Waals surface area contributed by atoms with Crippen LogP contribution in [0.15, 0.2) is 83.9 Å². The van der Waals surface area contributed by atoms with Gasteiger partial charge in [0.2, 0.25) is 0 Å². The molecule has 0 aliphatic rings. The molecule has 3 N–H and O–H groups in total. The molecule has 2 atom stereocenters. The van der Waals surface area contributed by atoms with E-state index in [0.29, 0.717) is 11.4 Å². The minimum atomic E-state index is -3.81. The maximum Gasteiger partial charge on any atom is 0.255 e. The van der Waals surface area contributed by atoms with Gasteiger partial charge < -0.3 is 15.5 Å². The minimum absolute atomic E-state index is 0.00843. The fourth-order valence-corrected chi connectivity index (χ4v) is 5.02. The number of para-hydroxylation sites is 1. The highest BCUT2D eigenvalue weighted by molar-refractivity contribution is 7.92. The van der Waals surface area contributed by atoms with Gasteiger partial charge >= 0.3 is 0 Å². The summed E-state index contributed by atoms with van der Waals surface area (Å²) in [5.41, 5.74) is 2.55. The molecule has 2 aromatic heterocycles. The number of aliphatic hydroxyl groups excluding tert-OH is 1. The summed E-state index contributed by atoms with van der Waals surface area (Å²) in [6, 6.07) is 18.2. The van der Waals surface area contributed by atoms with Crippen molar-refractivity contribution in [2.45, 2.75) is 31.2 Å². The smallest absolute Gasteiger partial charge is 0.255 e. The molecule has 0 aliphatic carbocycles. The highest BCUT2D eigenvalue weighted by Crippen LogP contribution is 2.28. The Hall–Kier alpha value is -4.35. The van der Waals surface area contributed by atoms with Crippen LogP contribution in [-0.2, 0) is 9.84 Å². The molecule has 10 nitrogen and oxygen atoms in total. The molecule has 0 saturated heterocycles. The van der Waals surface area contributed by atoms with Crippen molar-refractivity contribution < 1.29 is 23.4 Å². The molecule has 0 spiro atoms. The van der Waals surface area contributed by atoms with Crippen molar-refractivity contribution in [2.75, 3.05) is 12.8 Å². The van der Waals surface area contributed by atoms with Crippen LogP contribution in [0.25, 0.3) is 22.4 Å². The third-order valence-corrected chi connectivity index (χ3v) is 8.94. The Bertz CT molecular complexity index is 1700. The highest BCUT2D eigenvalue weighted by Gasteiger charge is 2.39. The molecule has 4 aromatic rings. The molecule has 208 valence electrons. The first-order valence-electron chi connectivity index (χ1n) is 12.4. The predicted octanol–water partition coefficient (Wildman–Crippen LogP) is 3.10. The van der Waals surface area contributed by atoms with Crippen LogP contribution in [0.2, 0.25) is 0 Å². The van der Waals surface area contributed by atoms with Gasteiger partial charge in [0.1, 0.15) is 17.8 Å². The Kier molecular flexibility index (Phi) is 8.17. The summed E-state index contributed by atoms with van der Waals surface area (Å²) >= 11 is 0. The number of hydrogen-bond acceptors (Lipinski definition) is 8. The Labute approximate surface area is 231 Å². The molecule has 0 radical (unpaired) electrons. The van der Waals surface area contributed by atoms with Crippen molar-refractivity contribution in [3.05, 3.63) is 101 Å². The first kappa shape index (κ1) is 28.7. The summed E-state index contributed by atoms with van der Waals surface area (Å²) in [5.74, 6) is -0.245. The number of phenolic OH excluding ortho intramolecular Hbond substituents is 1. The van der Waals surface area contributed by atoms with E-state index in [2.05, 4.69) is 15.3 Å². The van der Waals surface area contributed by atoms with Crippen LogP contribution in [0, 0.1) is 6.92 Å². The molecule has 0 bridgehead atoms. The van der Waals surface area contributed by atoms with Crippen LogP contribution in [-0.4, -0.2) is 56.6 Å². The van der Waals surface area contributed by atoms with E-state index in [1.807, 2.05) is 37.3 Å². The molecule has 2 aromatic carbocycles. The Balaban J connectivity index is 1.51. The summed E-state index contributed by atoms with van der Waals surface area (Å²) in [7, 11) is -3.81. The lowest BCUT2D eigenvalue weighted by Gasteiger charge is -2.30. The van der Waals surface area contributed by atoms with Crippen molar-refractivity contribution in [3.63, 3.8) is 0 Å². The second-order valence-electron chi connectivity index (χ2n) is 9.83. The number of carbonyl (C=O) groups excluding carboxylic acids is 1. The average molecular weight is 563 g/mol. The van der Waals surface area contributed by atoms with Gasteiger partial charge in [-0.1, -0.05) is 36.4 Å². The number of aliphatic hydroxyl groups is 1. The average Bonchev–Trinajstić information content (AvgIpc) is 2.91. The van der Waals surface area contributed by atoms with Gasteiger partial charge in [0.15, 0.2) is 9.84 Å². The number of pyridine rings is 1. The maximum atomic E-state index is 12.9. The van der Waals surface area contributed by atoms with E-state index in [9.17, 15) is 28.2 Å². The van der Waals surface area contributed by atoms with E-state index in [4.69, 9.17) is 0 Å². The Morgan fingerprint density at radius 1 is 1.05 bits per heavy atom. The van der Waals surface area contributed by atoms with Crippen molar-refractivity contribution in [2.24, 2.45) is 0 Å². The standard InChI is InChI=1S/C29H30N4O6S/c1-19-30-14-12-24(32-19)21-10-8-20(9-11-21)22-13-15-33(26(35)16-22)27(36)17-29(2,40(3,38)39)18-31-28(37)23-6-4-5-7-25(23)34/h4-16,27,34,36H,17-18H2,1-3H3,(H,31,37). The first-order chi connectivity index (χ1) is 18.9. The molecule has 11 heteroatoms. The van der Waals surface area contributed by atoms with Crippen molar-refractivity contribution >= 4 is 15.7 Å². The van der Waals surface area contributed by atoms with Crippen LogP contribution >= 0.6 is 0 Å². The number of benzene rings is 2. The minimum Gasteiger partial charge on any atom is -0.507 e. The predicted molar refractivity (Wildman–Crippen MR) is 151 cm³/mol. The lowest BCUT2D eigenvalue weighted by atomic mass is 10.0. The molecule has 4 rings (SSSR count). The van der Waals surface area contributed by atoms with Crippen LogP contribution in [0.4, 0.5) is 0 Å². The largest absolute Gasteiger partial charge is 0.507 e. The zero-order valence-electron chi connectivity index (χ0n) is 22.3. The molecular weight excluding hydrogens is 532 g/mol. The third kappa shape index (κ3) is 6.27. The molecule has 0 fully saturated rings. The molecule has 2 unspecified atom stereocenters. The molecule has 40 heavy (non-hydrogen) atoms. The SMILES string of the molecule is Cc1nccc(-c2ccc(-c3ccn(C(O)CC(C)(CNC(=O)c4ccccc4O)S(C)(=O)=O)c(=O)c3)cc2)n1. The zero-order valence-corrected chi connectivity index (χ0v) is 23.1. The second kappa shape index (κ2) is 11.4. The number of sulfone groups is 1. The van der Waals surface area contributed by atoms with Gasteiger partial charge in [-0.3, -0.25) is 14.2 Å². The van der Waals surface area contributed by atoms with Gasteiger partial charge in [-0.15, -0.1) is 0 Å². The summed E-state index contributed by atoms with van der Waals surface area (Å²) in [4.78, 5) is 34.0. The Morgan fingerprint density at radius 3 is 2.35 bits per heavy atom. The normalized spacial score (nSPS) is 13.8. The van der Waals surface area contributed by atoms with Crippen LogP contribution in [0.3, 0.4) is 0 Å². The van der Waals surface area contributed by atoms with Gasteiger partial charge in [0.05, 0.1) is 16.0 Å². The molecule has 1 amide bonds. The molecule has 2 heterocycles. The highest BCUT2D eigenvalue weighted by atomic mass is 32.2. The lowest BCUT2D eigenvalue weighted by Crippen LogP contribution is -2.48. The van der Waals surface area contributed by atoms with E-state index >= 15 is 0 Å². The number of aromatic nitrogens is 3. The van der Waals surface area contributed by atoms with E-state index in [0.717, 1.165) is 27.6 Å². The van der Waals surface area contributed by atoms with E-state index < -0.39 is 32.3 Å². The van der Waals surface area contributed by atoms with Crippen LogP contribution in [0.1, 0.15) is 35.8 Å². The maximum absolute atomic E-state index is 12.9. The van der Waals surface area contributed by atoms with E-state index in [-0.39, 0.29) is 24.3 Å². The summed E-state index contributed by atoms with van der Waals surface area (Å²) in [5, 5.41) is 23.3. The van der Waals surface area contributed by atoms with Gasteiger partial charge in [-0.25, -0.2) is 18.4 Å². The quantitative estimate of drug-likeness (QED) is 0.282. The van der Waals surface area contributed by atoms with Gasteiger partial charge in [0.25, 0.3) is 11.5 Å².